The van der Waals surface area contributed by atoms with Gasteiger partial charge in [-0.25, -0.2) is 8.42 Å². The third-order valence-electron chi connectivity index (χ3n) is 4.21. The predicted octanol–water partition coefficient (Wildman–Crippen LogP) is 4.35. The van der Waals surface area contributed by atoms with Crippen molar-refractivity contribution in [2.24, 2.45) is 5.92 Å². The molecule has 0 saturated heterocycles. The average Bonchev–Trinajstić information content (AvgIpc) is 2.63. The lowest BCUT2D eigenvalue weighted by Gasteiger charge is -2.26. The minimum Gasteiger partial charge on any atom is -0.352 e. The van der Waals surface area contributed by atoms with Gasteiger partial charge in [0, 0.05) is 6.04 Å². The molecule has 0 fully saturated rings. The van der Waals surface area contributed by atoms with Crippen molar-refractivity contribution in [1.82, 2.24) is 5.32 Å². The second-order valence-electron chi connectivity index (χ2n) is 6.50. The Hall–Kier alpha value is -1.76. The van der Waals surface area contributed by atoms with Crippen molar-refractivity contribution < 1.29 is 13.2 Å². The van der Waals surface area contributed by atoms with Crippen molar-refractivity contribution in [2.75, 3.05) is 10.8 Å². The molecule has 2 aromatic rings. The maximum absolute atomic E-state index is 13.2. The van der Waals surface area contributed by atoms with E-state index in [2.05, 4.69) is 5.32 Å². The lowest BCUT2D eigenvalue weighted by atomic mass is 10.1. The van der Waals surface area contributed by atoms with Gasteiger partial charge in [0.05, 0.1) is 20.6 Å². The van der Waals surface area contributed by atoms with E-state index in [4.69, 9.17) is 23.2 Å². The summed E-state index contributed by atoms with van der Waals surface area (Å²) < 4.78 is 27.4. The van der Waals surface area contributed by atoms with E-state index in [0.29, 0.717) is 0 Å². The topological polar surface area (TPSA) is 66.5 Å². The number of sulfonamides is 1. The highest BCUT2D eigenvalue weighted by Crippen LogP contribution is 2.35. The van der Waals surface area contributed by atoms with Crippen LogP contribution in [0.15, 0.2) is 53.4 Å². The normalized spacial score (nSPS) is 12.7. The van der Waals surface area contributed by atoms with Crippen molar-refractivity contribution >= 4 is 44.8 Å². The number of nitrogens with zero attached hydrogens (tertiary/aromatic N) is 1. The average molecular weight is 429 g/mol. The van der Waals surface area contributed by atoms with E-state index < -0.39 is 22.5 Å². The van der Waals surface area contributed by atoms with Crippen LogP contribution < -0.4 is 9.62 Å². The molecule has 5 nitrogen and oxygen atoms in total. The molecule has 0 aliphatic carbocycles. The molecule has 0 aliphatic rings. The van der Waals surface area contributed by atoms with E-state index in [9.17, 15) is 13.2 Å². The molecule has 2 aromatic carbocycles. The summed E-state index contributed by atoms with van der Waals surface area (Å²) in [4.78, 5) is 12.6. The van der Waals surface area contributed by atoms with Gasteiger partial charge in [0.15, 0.2) is 0 Å². The zero-order valence-electron chi connectivity index (χ0n) is 15.3. The Labute approximate surface area is 170 Å². The quantitative estimate of drug-likeness (QED) is 0.712. The molecule has 1 atom stereocenters. The maximum Gasteiger partial charge on any atom is 0.264 e. The SMILES string of the molecule is CC(C)C(C)NC(=O)CN(c1cccc(Cl)c1Cl)S(=O)(=O)c1ccccc1. The Morgan fingerprint density at radius 2 is 1.67 bits per heavy atom. The van der Waals surface area contributed by atoms with Crippen LogP contribution in [-0.2, 0) is 14.8 Å². The Morgan fingerprint density at radius 3 is 2.26 bits per heavy atom. The minimum absolute atomic E-state index is 0.0609. The fourth-order valence-corrected chi connectivity index (χ4v) is 4.20. The van der Waals surface area contributed by atoms with Crippen molar-refractivity contribution in [3.05, 3.63) is 58.6 Å². The summed E-state index contributed by atoms with van der Waals surface area (Å²) in [5.74, 6) is -0.213. The van der Waals surface area contributed by atoms with Crippen molar-refractivity contribution in [3.8, 4) is 0 Å². The van der Waals surface area contributed by atoms with Gasteiger partial charge in [0.1, 0.15) is 6.54 Å². The molecule has 2 rings (SSSR count). The second kappa shape index (κ2) is 8.95. The molecule has 0 radical (unpaired) electrons. The van der Waals surface area contributed by atoms with E-state index in [1.54, 1.807) is 30.3 Å². The van der Waals surface area contributed by atoms with Crippen LogP contribution in [0.4, 0.5) is 5.69 Å². The Bertz CT molecular complexity index is 902. The summed E-state index contributed by atoms with van der Waals surface area (Å²) in [6, 6.07) is 12.4. The van der Waals surface area contributed by atoms with Gasteiger partial charge in [-0.2, -0.15) is 0 Å². The van der Waals surface area contributed by atoms with Gasteiger partial charge in [-0.05, 0) is 37.1 Å². The van der Waals surface area contributed by atoms with Crippen LogP contribution in [0.2, 0.25) is 10.0 Å². The first-order chi connectivity index (χ1) is 12.6. The lowest BCUT2D eigenvalue weighted by molar-refractivity contribution is -0.120. The van der Waals surface area contributed by atoms with Crippen LogP contribution in [0, 0.1) is 5.92 Å². The minimum atomic E-state index is -4.02. The zero-order chi connectivity index (χ0) is 20.2. The number of hydrogen-bond acceptors (Lipinski definition) is 3. The molecule has 1 amide bonds. The molecule has 8 heteroatoms. The molecule has 0 saturated carbocycles. The molecule has 0 spiro atoms. The number of carbonyl (C=O) groups is 1. The van der Waals surface area contributed by atoms with Gasteiger partial charge >= 0.3 is 0 Å². The summed E-state index contributed by atoms with van der Waals surface area (Å²) in [5.41, 5.74) is 0.153. The van der Waals surface area contributed by atoms with Crippen LogP contribution in [0.5, 0.6) is 0 Å². The number of halogens is 2. The van der Waals surface area contributed by atoms with Crippen molar-refractivity contribution in [2.45, 2.75) is 31.7 Å². The number of anilines is 1. The second-order valence-corrected chi connectivity index (χ2v) is 9.15. The Balaban J connectivity index is 2.47. The lowest BCUT2D eigenvalue weighted by Crippen LogP contribution is -2.45. The van der Waals surface area contributed by atoms with Gasteiger partial charge in [-0.1, -0.05) is 61.3 Å². The molecule has 27 heavy (non-hydrogen) atoms. The number of benzene rings is 2. The summed E-state index contributed by atoms with van der Waals surface area (Å²) in [5, 5.41) is 3.10. The third kappa shape index (κ3) is 5.15. The standard InChI is InChI=1S/C19H22Cl2N2O3S/c1-13(2)14(3)22-18(24)12-23(17-11-7-10-16(20)19(17)21)27(25,26)15-8-5-4-6-9-15/h4-11,13-14H,12H2,1-3H3,(H,22,24). The molecule has 1 unspecified atom stereocenters. The smallest absolute Gasteiger partial charge is 0.264 e. The molecule has 0 aromatic heterocycles. The monoisotopic (exact) mass is 428 g/mol. The Morgan fingerprint density at radius 1 is 1.04 bits per heavy atom. The molecule has 0 bridgehead atoms. The summed E-state index contributed by atoms with van der Waals surface area (Å²) in [7, 11) is -4.02. The number of rotatable bonds is 7. The van der Waals surface area contributed by atoms with Gasteiger partial charge in [0.2, 0.25) is 5.91 Å². The van der Waals surface area contributed by atoms with Crippen LogP contribution in [-0.4, -0.2) is 26.9 Å². The molecular weight excluding hydrogens is 407 g/mol. The van der Waals surface area contributed by atoms with Crippen LogP contribution in [0.25, 0.3) is 0 Å². The molecular formula is C19H22Cl2N2O3S. The van der Waals surface area contributed by atoms with Crippen LogP contribution >= 0.6 is 23.2 Å². The maximum atomic E-state index is 13.2. The Kier molecular flexibility index (Phi) is 7.14. The van der Waals surface area contributed by atoms with E-state index in [1.807, 2.05) is 20.8 Å². The van der Waals surface area contributed by atoms with Crippen molar-refractivity contribution in [1.29, 1.82) is 0 Å². The number of carbonyl (C=O) groups excluding carboxylic acids is 1. The van der Waals surface area contributed by atoms with Crippen molar-refractivity contribution in [3.63, 3.8) is 0 Å². The van der Waals surface area contributed by atoms with Gasteiger partial charge in [-0.3, -0.25) is 9.10 Å². The van der Waals surface area contributed by atoms with E-state index in [1.165, 1.54) is 18.2 Å². The highest BCUT2D eigenvalue weighted by molar-refractivity contribution is 7.92. The predicted molar refractivity (Wildman–Crippen MR) is 110 cm³/mol. The number of nitrogens with one attached hydrogen (secondary N) is 1. The fourth-order valence-electron chi connectivity index (χ4n) is 2.30. The van der Waals surface area contributed by atoms with E-state index >= 15 is 0 Å². The van der Waals surface area contributed by atoms with Crippen LogP contribution in [0.1, 0.15) is 20.8 Å². The number of hydrogen-bond donors (Lipinski definition) is 1. The van der Waals surface area contributed by atoms with Crippen LogP contribution in [0.3, 0.4) is 0 Å². The first-order valence-electron chi connectivity index (χ1n) is 8.45. The van der Waals surface area contributed by atoms with E-state index in [0.717, 1.165) is 4.31 Å². The molecule has 146 valence electrons. The van der Waals surface area contributed by atoms with Gasteiger partial charge in [0.25, 0.3) is 10.0 Å². The van der Waals surface area contributed by atoms with Gasteiger partial charge < -0.3 is 5.32 Å². The van der Waals surface area contributed by atoms with E-state index in [-0.39, 0.29) is 32.6 Å². The first kappa shape index (κ1) is 21.5. The largest absolute Gasteiger partial charge is 0.352 e. The number of amides is 1. The zero-order valence-corrected chi connectivity index (χ0v) is 17.6. The molecule has 0 aliphatic heterocycles. The highest BCUT2D eigenvalue weighted by atomic mass is 35.5. The summed E-state index contributed by atoms with van der Waals surface area (Å²) in [6.07, 6.45) is 0. The summed E-state index contributed by atoms with van der Waals surface area (Å²) >= 11 is 12.3. The molecule has 0 heterocycles. The third-order valence-corrected chi connectivity index (χ3v) is 6.79. The van der Waals surface area contributed by atoms with Gasteiger partial charge in [-0.15, -0.1) is 0 Å². The first-order valence-corrected chi connectivity index (χ1v) is 10.7. The fraction of sp³-hybridized carbons (Fsp3) is 0.316. The highest BCUT2D eigenvalue weighted by Gasteiger charge is 2.29. The molecule has 1 N–H and O–H groups in total. The summed E-state index contributed by atoms with van der Waals surface area (Å²) in [6.45, 7) is 5.40.